The molecule has 100 valence electrons. The van der Waals surface area contributed by atoms with E-state index in [9.17, 15) is 0 Å². The summed E-state index contributed by atoms with van der Waals surface area (Å²) in [5, 5.41) is 0. The molecule has 0 spiro atoms. The summed E-state index contributed by atoms with van der Waals surface area (Å²) in [7, 11) is 4.34. The van der Waals surface area contributed by atoms with Gasteiger partial charge in [-0.3, -0.25) is 4.90 Å². The van der Waals surface area contributed by atoms with Gasteiger partial charge in [0.05, 0.1) is 0 Å². The molecule has 0 amide bonds. The standard InChI is InChI=1S/C14H22BrN3/c1-17(2)13-4-3-7-18(10-13)9-11-8-12(16)5-6-14(11)15/h5-6,8,13H,3-4,7,9-10,16H2,1-2H3. The van der Waals surface area contributed by atoms with Gasteiger partial charge in [-0.05, 0) is 57.2 Å². The highest BCUT2D eigenvalue weighted by Gasteiger charge is 2.21. The zero-order chi connectivity index (χ0) is 13.1. The second kappa shape index (κ2) is 6.04. The molecule has 0 saturated carbocycles. The van der Waals surface area contributed by atoms with Crippen LogP contribution in [0.3, 0.4) is 0 Å². The molecule has 1 atom stereocenters. The Labute approximate surface area is 118 Å². The van der Waals surface area contributed by atoms with Gasteiger partial charge in [0.1, 0.15) is 0 Å². The number of hydrogen-bond donors (Lipinski definition) is 1. The van der Waals surface area contributed by atoms with E-state index in [1.165, 1.54) is 24.9 Å². The first-order valence-corrected chi connectivity index (χ1v) is 7.28. The summed E-state index contributed by atoms with van der Waals surface area (Å²) in [6, 6.07) is 6.73. The number of piperidine rings is 1. The van der Waals surface area contributed by atoms with Crippen molar-refractivity contribution in [3.63, 3.8) is 0 Å². The number of nitrogens with zero attached hydrogens (tertiary/aromatic N) is 2. The fourth-order valence-electron chi connectivity index (χ4n) is 2.55. The smallest absolute Gasteiger partial charge is 0.0318 e. The zero-order valence-corrected chi connectivity index (χ0v) is 12.8. The Balaban J connectivity index is 2.02. The monoisotopic (exact) mass is 311 g/mol. The Hall–Kier alpha value is -0.580. The van der Waals surface area contributed by atoms with E-state index in [0.29, 0.717) is 6.04 Å². The molecule has 2 rings (SSSR count). The van der Waals surface area contributed by atoms with Crippen LogP contribution in [-0.2, 0) is 6.54 Å². The number of halogens is 1. The number of nitrogen functional groups attached to an aromatic ring is 1. The molecule has 2 N–H and O–H groups in total. The molecule has 1 aliphatic heterocycles. The fourth-order valence-corrected chi connectivity index (χ4v) is 2.92. The summed E-state index contributed by atoms with van der Waals surface area (Å²) in [6.07, 6.45) is 2.59. The number of anilines is 1. The molecule has 0 aliphatic carbocycles. The van der Waals surface area contributed by atoms with Crippen molar-refractivity contribution in [3.8, 4) is 0 Å². The summed E-state index contributed by atoms with van der Waals surface area (Å²) < 4.78 is 1.16. The average molecular weight is 312 g/mol. The molecule has 3 nitrogen and oxygen atoms in total. The van der Waals surface area contributed by atoms with Crippen molar-refractivity contribution in [2.45, 2.75) is 25.4 Å². The average Bonchev–Trinajstić information content (AvgIpc) is 2.34. The number of hydrogen-bond acceptors (Lipinski definition) is 3. The molecular formula is C14H22BrN3. The number of rotatable bonds is 3. The summed E-state index contributed by atoms with van der Waals surface area (Å²) in [6.45, 7) is 3.32. The molecule has 1 fully saturated rings. The SMILES string of the molecule is CN(C)C1CCCN(Cc2cc(N)ccc2Br)C1. The Kier molecular flexibility index (Phi) is 4.65. The van der Waals surface area contributed by atoms with Crippen molar-refractivity contribution in [2.75, 3.05) is 32.9 Å². The molecular weight excluding hydrogens is 290 g/mol. The van der Waals surface area contributed by atoms with E-state index in [4.69, 9.17) is 5.73 Å². The lowest BCUT2D eigenvalue weighted by Gasteiger charge is -2.36. The molecule has 1 aliphatic rings. The van der Waals surface area contributed by atoms with Gasteiger partial charge in [0, 0.05) is 29.3 Å². The van der Waals surface area contributed by atoms with Crippen LogP contribution in [0.4, 0.5) is 5.69 Å². The fraction of sp³-hybridized carbons (Fsp3) is 0.571. The first-order valence-electron chi connectivity index (χ1n) is 6.49. The molecule has 1 aromatic carbocycles. The second-order valence-corrected chi connectivity index (χ2v) is 6.20. The van der Waals surface area contributed by atoms with Crippen molar-refractivity contribution in [1.82, 2.24) is 9.80 Å². The quantitative estimate of drug-likeness (QED) is 0.871. The normalized spacial score (nSPS) is 21.4. The van der Waals surface area contributed by atoms with Crippen LogP contribution >= 0.6 is 15.9 Å². The van der Waals surface area contributed by atoms with E-state index in [-0.39, 0.29) is 0 Å². The first kappa shape index (κ1) is 13.8. The minimum absolute atomic E-state index is 0.679. The van der Waals surface area contributed by atoms with E-state index in [2.05, 4.69) is 45.9 Å². The van der Waals surface area contributed by atoms with Crippen LogP contribution in [0.25, 0.3) is 0 Å². The number of benzene rings is 1. The molecule has 4 heteroatoms. The number of likely N-dealkylation sites (N-methyl/N-ethyl adjacent to an activating group) is 1. The highest BCUT2D eigenvalue weighted by Crippen LogP contribution is 2.23. The van der Waals surface area contributed by atoms with E-state index < -0.39 is 0 Å². The van der Waals surface area contributed by atoms with Crippen LogP contribution in [0.5, 0.6) is 0 Å². The van der Waals surface area contributed by atoms with Crippen molar-refractivity contribution in [3.05, 3.63) is 28.2 Å². The van der Waals surface area contributed by atoms with Gasteiger partial charge in [-0.15, -0.1) is 0 Å². The van der Waals surface area contributed by atoms with Crippen LogP contribution in [0.2, 0.25) is 0 Å². The summed E-state index contributed by atoms with van der Waals surface area (Å²) in [5.74, 6) is 0. The van der Waals surface area contributed by atoms with Crippen LogP contribution in [0, 0.1) is 0 Å². The van der Waals surface area contributed by atoms with Gasteiger partial charge in [-0.2, -0.15) is 0 Å². The highest BCUT2D eigenvalue weighted by molar-refractivity contribution is 9.10. The Bertz CT molecular complexity index is 406. The maximum atomic E-state index is 5.86. The van der Waals surface area contributed by atoms with Crippen LogP contribution in [-0.4, -0.2) is 43.0 Å². The molecule has 1 aromatic rings. The van der Waals surface area contributed by atoms with E-state index >= 15 is 0 Å². The molecule has 18 heavy (non-hydrogen) atoms. The second-order valence-electron chi connectivity index (χ2n) is 5.35. The zero-order valence-electron chi connectivity index (χ0n) is 11.2. The van der Waals surface area contributed by atoms with Crippen LogP contribution in [0.1, 0.15) is 18.4 Å². The molecule has 1 unspecified atom stereocenters. The Morgan fingerprint density at radius 3 is 2.94 bits per heavy atom. The molecule has 0 bridgehead atoms. The first-order chi connectivity index (χ1) is 8.56. The highest BCUT2D eigenvalue weighted by atomic mass is 79.9. The number of likely N-dealkylation sites (tertiary alicyclic amines) is 1. The van der Waals surface area contributed by atoms with Gasteiger partial charge >= 0.3 is 0 Å². The molecule has 1 heterocycles. The third-order valence-electron chi connectivity index (χ3n) is 3.67. The van der Waals surface area contributed by atoms with Gasteiger partial charge in [0.25, 0.3) is 0 Å². The van der Waals surface area contributed by atoms with Crippen molar-refractivity contribution >= 4 is 21.6 Å². The van der Waals surface area contributed by atoms with E-state index in [1.54, 1.807) is 0 Å². The maximum Gasteiger partial charge on any atom is 0.0318 e. The van der Waals surface area contributed by atoms with Gasteiger partial charge in [-0.25, -0.2) is 0 Å². The summed E-state index contributed by atoms with van der Waals surface area (Å²) in [5.41, 5.74) is 7.99. The minimum atomic E-state index is 0.679. The van der Waals surface area contributed by atoms with Crippen LogP contribution in [0.15, 0.2) is 22.7 Å². The largest absolute Gasteiger partial charge is 0.399 e. The van der Waals surface area contributed by atoms with E-state index in [1.807, 2.05) is 12.1 Å². The molecule has 0 aromatic heterocycles. The predicted molar refractivity (Wildman–Crippen MR) is 80.5 cm³/mol. The van der Waals surface area contributed by atoms with Crippen molar-refractivity contribution in [2.24, 2.45) is 0 Å². The van der Waals surface area contributed by atoms with Crippen molar-refractivity contribution in [1.29, 1.82) is 0 Å². The van der Waals surface area contributed by atoms with Gasteiger partial charge in [0.2, 0.25) is 0 Å². The third kappa shape index (κ3) is 3.46. The van der Waals surface area contributed by atoms with Crippen molar-refractivity contribution < 1.29 is 0 Å². The maximum absolute atomic E-state index is 5.86. The summed E-state index contributed by atoms with van der Waals surface area (Å²) >= 11 is 3.61. The minimum Gasteiger partial charge on any atom is -0.399 e. The molecule has 0 radical (unpaired) electrons. The van der Waals surface area contributed by atoms with Gasteiger partial charge in [-0.1, -0.05) is 15.9 Å². The topological polar surface area (TPSA) is 32.5 Å². The molecule has 1 saturated heterocycles. The van der Waals surface area contributed by atoms with Crippen LogP contribution < -0.4 is 5.73 Å². The number of nitrogens with two attached hydrogens (primary N) is 1. The third-order valence-corrected chi connectivity index (χ3v) is 4.45. The lowest BCUT2D eigenvalue weighted by molar-refractivity contribution is 0.128. The van der Waals surface area contributed by atoms with Gasteiger partial charge in [0.15, 0.2) is 0 Å². The lowest BCUT2D eigenvalue weighted by atomic mass is 10.0. The predicted octanol–water partition coefficient (Wildman–Crippen LogP) is 2.56. The Morgan fingerprint density at radius 2 is 2.22 bits per heavy atom. The summed E-state index contributed by atoms with van der Waals surface area (Å²) in [4.78, 5) is 4.86. The lowest BCUT2D eigenvalue weighted by Crippen LogP contribution is -2.44. The van der Waals surface area contributed by atoms with E-state index in [0.717, 1.165) is 23.2 Å². The Morgan fingerprint density at radius 1 is 1.44 bits per heavy atom. The van der Waals surface area contributed by atoms with Gasteiger partial charge < -0.3 is 10.6 Å².